The topological polar surface area (TPSA) is 50.9 Å². The van der Waals surface area contributed by atoms with Crippen molar-refractivity contribution < 1.29 is 23.9 Å². The molecular formula is C25H28NO4+. The van der Waals surface area contributed by atoms with Gasteiger partial charge in [0.25, 0.3) is 0 Å². The molecule has 0 fully saturated rings. The molecule has 1 aliphatic rings. The number of rotatable bonds is 4. The van der Waals surface area contributed by atoms with Gasteiger partial charge in [-0.15, -0.1) is 0 Å². The summed E-state index contributed by atoms with van der Waals surface area (Å²) in [6.45, 7) is 6.25. The Morgan fingerprint density at radius 3 is 2.33 bits per heavy atom. The minimum absolute atomic E-state index is 0.147. The molecule has 0 aromatic heterocycles. The number of fused-ring (bicyclic) bond motifs is 2. The predicted molar refractivity (Wildman–Crippen MR) is 119 cm³/mol. The van der Waals surface area contributed by atoms with Crippen LogP contribution in [0.5, 0.6) is 23.0 Å². The molecular weight excluding hydrogens is 378 g/mol. The molecule has 0 saturated heterocycles. The summed E-state index contributed by atoms with van der Waals surface area (Å²) in [7, 11) is 4.97. The lowest BCUT2D eigenvalue weighted by Crippen LogP contribution is -2.33. The van der Waals surface area contributed by atoms with E-state index in [1.807, 2.05) is 31.2 Å². The summed E-state index contributed by atoms with van der Waals surface area (Å²) >= 11 is 0. The number of aryl methyl sites for hydroxylation is 1. The normalized spacial score (nSPS) is 15.9. The van der Waals surface area contributed by atoms with Crippen LogP contribution in [-0.4, -0.2) is 42.8 Å². The van der Waals surface area contributed by atoms with Crippen LogP contribution >= 0.6 is 0 Å². The Hall–Kier alpha value is -3.21. The van der Waals surface area contributed by atoms with Crippen LogP contribution < -0.4 is 14.2 Å². The Morgan fingerprint density at radius 1 is 0.933 bits per heavy atom. The molecule has 0 spiro atoms. The summed E-state index contributed by atoms with van der Waals surface area (Å²) in [5.41, 5.74) is 5.11. The van der Waals surface area contributed by atoms with Gasteiger partial charge in [-0.1, -0.05) is 6.07 Å². The van der Waals surface area contributed by atoms with E-state index in [0.29, 0.717) is 5.75 Å². The van der Waals surface area contributed by atoms with Crippen LogP contribution in [0.2, 0.25) is 0 Å². The second-order valence-corrected chi connectivity index (χ2v) is 7.87. The maximum atomic E-state index is 11.3. The van der Waals surface area contributed by atoms with Crippen LogP contribution in [0, 0.1) is 6.92 Å². The molecule has 1 aliphatic heterocycles. The number of methoxy groups -OCH3 is 3. The Balaban J connectivity index is 2.00. The van der Waals surface area contributed by atoms with E-state index in [9.17, 15) is 5.11 Å². The molecule has 5 nitrogen and oxygen atoms in total. The van der Waals surface area contributed by atoms with Crippen molar-refractivity contribution in [1.82, 2.24) is 0 Å². The fraction of sp³-hybridized carbons (Fsp3) is 0.320. The number of ether oxygens (including phenoxy) is 3. The third-order valence-electron chi connectivity index (χ3n) is 5.95. The van der Waals surface area contributed by atoms with E-state index in [2.05, 4.69) is 30.6 Å². The maximum absolute atomic E-state index is 11.3. The van der Waals surface area contributed by atoms with Crippen molar-refractivity contribution in [1.29, 1.82) is 0 Å². The quantitative estimate of drug-likeness (QED) is 0.621. The second-order valence-electron chi connectivity index (χ2n) is 7.87. The lowest BCUT2D eigenvalue weighted by Gasteiger charge is -2.24. The molecule has 0 radical (unpaired) electrons. The average Bonchev–Trinajstić information content (AvgIpc) is 2.73. The number of hydrogen-bond donors (Lipinski definition) is 1. The monoisotopic (exact) mass is 406 g/mol. The van der Waals surface area contributed by atoms with Gasteiger partial charge in [-0.2, -0.15) is 4.58 Å². The van der Waals surface area contributed by atoms with Crippen molar-refractivity contribution in [3.63, 3.8) is 0 Å². The molecule has 1 N–H and O–H groups in total. The highest BCUT2D eigenvalue weighted by Gasteiger charge is 2.35. The zero-order valence-electron chi connectivity index (χ0n) is 18.4. The summed E-state index contributed by atoms with van der Waals surface area (Å²) < 4.78 is 18.9. The van der Waals surface area contributed by atoms with E-state index in [1.54, 1.807) is 21.3 Å². The minimum Gasteiger partial charge on any atom is -0.502 e. The van der Waals surface area contributed by atoms with E-state index in [-0.39, 0.29) is 11.8 Å². The Bertz CT molecular complexity index is 1180. The Morgan fingerprint density at radius 2 is 1.67 bits per heavy atom. The highest BCUT2D eigenvalue weighted by Crippen LogP contribution is 2.43. The van der Waals surface area contributed by atoms with Gasteiger partial charge in [-0.3, -0.25) is 0 Å². The van der Waals surface area contributed by atoms with Gasteiger partial charge in [0.1, 0.15) is 17.2 Å². The van der Waals surface area contributed by atoms with Gasteiger partial charge in [-0.05, 0) is 48.6 Å². The molecule has 5 heteroatoms. The van der Waals surface area contributed by atoms with Crippen LogP contribution in [0.25, 0.3) is 10.8 Å². The van der Waals surface area contributed by atoms with Gasteiger partial charge in [-0.25, -0.2) is 0 Å². The van der Waals surface area contributed by atoms with Gasteiger partial charge in [0.15, 0.2) is 17.5 Å². The highest BCUT2D eigenvalue weighted by molar-refractivity contribution is 6.02. The molecule has 1 heterocycles. The van der Waals surface area contributed by atoms with E-state index in [0.717, 1.165) is 51.2 Å². The molecule has 156 valence electrons. The van der Waals surface area contributed by atoms with Crippen LogP contribution in [0.15, 0.2) is 36.4 Å². The predicted octanol–water partition coefficient (Wildman–Crippen LogP) is 4.98. The van der Waals surface area contributed by atoms with E-state index < -0.39 is 0 Å². The third-order valence-corrected chi connectivity index (χ3v) is 5.95. The SMILES string of the molecule is COc1cc2c(c(OC)c1)C(C)=[N+](c1ccc3cc(C)cc(OC)c3c1O)[C@@H](C)C2. The summed E-state index contributed by atoms with van der Waals surface area (Å²) in [6.07, 6.45) is 0.808. The molecule has 1 atom stereocenters. The van der Waals surface area contributed by atoms with E-state index in [1.165, 1.54) is 5.56 Å². The summed E-state index contributed by atoms with van der Waals surface area (Å²) in [4.78, 5) is 0. The number of phenols is 1. The first-order valence-corrected chi connectivity index (χ1v) is 10.1. The van der Waals surface area contributed by atoms with E-state index >= 15 is 0 Å². The summed E-state index contributed by atoms with van der Waals surface area (Å²) in [5, 5.41) is 13.0. The fourth-order valence-corrected chi connectivity index (χ4v) is 4.67. The van der Waals surface area contributed by atoms with Crippen molar-refractivity contribution in [2.24, 2.45) is 0 Å². The first-order valence-electron chi connectivity index (χ1n) is 10.1. The average molecular weight is 407 g/mol. The molecule has 3 aromatic rings. The number of benzene rings is 3. The van der Waals surface area contributed by atoms with Gasteiger partial charge < -0.3 is 19.3 Å². The molecule has 3 aromatic carbocycles. The third kappa shape index (κ3) is 3.05. The van der Waals surface area contributed by atoms with Crippen LogP contribution in [-0.2, 0) is 6.42 Å². The van der Waals surface area contributed by atoms with Gasteiger partial charge in [0.05, 0.1) is 32.3 Å². The van der Waals surface area contributed by atoms with Gasteiger partial charge in [0.2, 0.25) is 5.69 Å². The first-order chi connectivity index (χ1) is 14.4. The minimum atomic E-state index is 0.147. The standard InChI is InChI=1S/C25H27NO4/c1-14-9-17-7-8-20(25(27)24(17)21(10-14)29-5)26-15(2)11-18-12-19(28-4)13-22(30-6)23(18)16(26)3/h7-10,12-13,15H,11H2,1-6H3/p+1/t15-/m0/s1. The molecule has 0 aliphatic carbocycles. The Kier molecular flexibility index (Phi) is 5.06. The van der Waals surface area contributed by atoms with Gasteiger partial charge in [0, 0.05) is 25.5 Å². The van der Waals surface area contributed by atoms with Crippen molar-refractivity contribution in [2.75, 3.05) is 21.3 Å². The lowest BCUT2D eigenvalue weighted by atomic mass is 9.91. The van der Waals surface area contributed by atoms with Crippen LogP contribution in [0.4, 0.5) is 5.69 Å². The zero-order chi connectivity index (χ0) is 21.6. The summed E-state index contributed by atoms with van der Waals surface area (Å²) in [5.74, 6) is 2.46. The largest absolute Gasteiger partial charge is 0.502 e. The van der Waals surface area contributed by atoms with Crippen molar-refractivity contribution in [2.45, 2.75) is 33.2 Å². The lowest BCUT2D eigenvalue weighted by molar-refractivity contribution is -0.482. The van der Waals surface area contributed by atoms with Crippen LogP contribution in [0.3, 0.4) is 0 Å². The van der Waals surface area contributed by atoms with Crippen molar-refractivity contribution in [3.05, 3.63) is 53.1 Å². The zero-order valence-corrected chi connectivity index (χ0v) is 18.4. The molecule has 4 rings (SSSR count). The molecule has 0 unspecified atom stereocenters. The molecule has 30 heavy (non-hydrogen) atoms. The number of phenolic OH excluding ortho intramolecular Hbond substituents is 1. The number of aromatic hydroxyl groups is 1. The van der Waals surface area contributed by atoms with Crippen LogP contribution in [0.1, 0.15) is 30.5 Å². The smallest absolute Gasteiger partial charge is 0.248 e. The van der Waals surface area contributed by atoms with Gasteiger partial charge >= 0.3 is 0 Å². The summed E-state index contributed by atoms with van der Waals surface area (Å²) in [6, 6.07) is 12.2. The fourth-order valence-electron chi connectivity index (χ4n) is 4.67. The first kappa shape index (κ1) is 20.1. The molecule has 0 amide bonds. The number of nitrogens with zero attached hydrogens (tertiary/aromatic N) is 1. The molecule has 0 bridgehead atoms. The van der Waals surface area contributed by atoms with E-state index in [4.69, 9.17) is 14.2 Å². The Labute approximate surface area is 177 Å². The maximum Gasteiger partial charge on any atom is 0.248 e. The molecule has 0 saturated carbocycles. The number of hydrogen-bond acceptors (Lipinski definition) is 4. The van der Waals surface area contributed by atoms with Crippen molar-refractivity contribution >= 4 is 22.2 Å². The highest BCUT2D eigenvalue weighted by atomic mass is 16.5. The van der Waals surface area contributed by atoms with Crippen molar-refractivity contribution in [3.8, 4) is 23.0 Å². The second kappa shape index (κ2) is 7.56.